The second-order valence-electron chi connectivity index (χ2n) is 8.56. The lowest BCUT2D eigenvalue weighted by molar-refractivity contribution is -0.122. The van der Waals surface area contributed by atoms with Crippen molar-refractivity contribution in [1.82, 2.24) is 24.8 Å². The predicted octanol–water partition coefficient (Wildman–Crippen LogP) is 3.45. The summed E-state index contributed by atoms with van der Waals surface area (Å²) in [5.74, 6) is 0.449. The molecule has 1 fully saturated rings. The van der Waals surface area contributed by atoms with Crippen molar-refractivity contribution < 1.29 is 4.79 Å². The summed E-state index contributed by atoms with van der Waals surface area (Å²) in [6, 6.07) is 12.7. The molecule has 2 aromatic carbocycles. The van der Waals surface area contributed by atoms with Crippen molar-refractivity contribution in [2.24, 2.45) is 0 Å². The van der Waals surface area contributed by atoms with E-state index in [9.17, 15) is 14.4 Å². The molecule has 1 saturated carbocycles. The SMILES string of the molecule is O=C(CCc1nc2ccccc2c(=O)[nH]1)NC1CCC(n2c(=O)[nH]c3cc(Cl)ccc32)CC1. The van der Waals surface area contributed by atoms with Crippen LogP contribution in [0.25, 0.3) is 21.9 Å². The Morgan fingerprint density at radius 3 is 2.70 bits per heavy atom. The molecule has 5 rings (SSSR count). The molecule has 2 aromatic heterocycles. The van der Waals surface area contributed by atoms with E-state index in [1.165, 1.54) is 0 Å². The van der Waals surface area contributed by atoms with Crippen LogP contribution in [0, 0.1) is 0 Å². The van der Waals surface area contributed by atoms with Crippen molar-refractivity contribution in [2.45, 2.75) is 50.6 Å². The number of imidazole rings is 1. The van der Waals surface area contributed by atoms with Gasteiger partial charge in [0.25, 0.3) is 5.56 Å². The zero-order valence-corrected chi connectivity index (χ0v) is 18.7. The molecule has 8 nitrogen and oxygen atoms in total. The molecule has 0 unspecified atom stereocenters. The molecule has 170 valence electrons. The zero-order valence-electron chi connectivity index (χ0n) is 17.9. The molecule has 4 aromatic rings. The van der Waals surface area contributed by atoms with Gasteiger partial charge in [0.15, 0.2) is 0 Å². The van der Waals surface area contributed by atoms with Crippen molar-refractivity contribution >= 4 is 39.4 Å². The summed E-state index contributed by atoms with van der Waals surface area (Å²) in [7, 11) is 0. The highest BCUT2D eigenvalue weighted by molar-refractivity contribution is 6.31. The summed E-state index contributed by atoms with van der Waals surface area (Å²) < 4.78 is 1.81. The first-order valence-corrected chi connectivity index (χ1v) is 11.5. The van der Waals surface area contributed by atoms with Crippen LogP contribution in [0.5, 0.6) is 0 Å². The van der Waals surface area contributed by atoms with Gasteiger partial charge in [-0.05, 0) is 56.0 Å². The molecule has 0 atom stereocenters. The van der Waals surface area contributed by atoms with E-state index in [0.717, 1.165) is 36.7 Å². The van der Waals surface area contributed by atoms with Gasteiger partial charge in [0.05, 0.1) is 21.9 Å². The van der Waals surface area contributed by atoms with Crippen molar-refractivity contribution in [2.75, 3.05) is 0 Å². The first-order chi connectivity index (χ1) is 16.0. The third kappa shape index (κ3) is 4.43. The first kappa shape index (κ1) is 21.5. The minimum atomic E-state index is -0.191. The maximum atomic E-state index is 12.5. The number of fused-ring (bicyclic) bond motifs is 2. The van der Waals surface area contributed by atoms with Crippen LogP contribution in [0.4, 0.5) is 0 Å². The quantitative estimate of drug-likeness (QED) is 0.419. The molecule has 1 aliphatic rings. The Labute approximate surface area is 194 Å². The van der Waals surface area contributed by atoms with Crippen LogP contribution in [0.15, 0.2) is 52.1 Å². The number of hydrogen-bond donors (Lipinski definition) is 3. The van der Waals surface area contributed by atoms with E-state index in [-0.39, 0.29) is 35.7 Å². The monoisotopic (exact) mass is 465 g/mol. The molecule has 33 heavy (non-hydrogen) atoms. The van der Waals surface area contributed by atoms with E-state index < -0.39 is 0 Å². The molecule has 0 radical (unpaired) electrons. The van der Waals surface area contributed by atoms with Gasteiger partial charge in [-0.2, -0.15) is 0 Å². The van der Waals surface area contributed by atoms with Crippen LogP contribution in [0.3, 0.4) is 0 Å². The van der Waals surface area contributed by atoms with E-state index in [1.807, 2.05) is 16.7 Å². The van der Waals surface area contributed by atoms with E-state index >= 15 is 0 Å². The van der Waals surface area contributed by atoms with E-state index in [2.05, 4.69) is 20.3 Å². The maximum Gasteiger partial charge on any atom is 0.326 e. The first-order valence-electron chi connectivity index (χ1n) is 11.1. The van der Waals surface area contributed by atoms with Crippen LogP contribution in [0.2, 0.25) is 5.02 Å². The third-order valence-electron chi connectivity index (χ3n) is 6.36. The van der Waals surface area contributed by atoms with Crippen LogP contribution < -0.4 is 16.6 Å². The average Bonchev–Trinajstić information content (AvgIpc) is 3.13. The highest BCUT2D eigenvalue weighted by atomic mass is 35.5. The molecule has 0 spiro atoms. The highest BCUT2D eigenvalue weighted by Gasteiger charge is 2.26. The number of carbonyl (C=O) groups excluding carboxylic acids is 1. The van der Waals surface area contributed by atoms with Gasteiger partial charge < -0.3 is 15.3 Å². The average molecular weight is 466 g/mol. The van der Waals surface area contributed by atoms with Crippen molar-refractivity contribution in [1.29, 1.82) is 0 Å². The molecular formula is C24H24ClN5O3. The Kier molecular flexibility index (Phi) is 5.76. The Morgan fingerprint density at radius 2 is 1.88 bits per heavy atom. The Bertz CT molecular complexity index is 1450. The smallest absolute Gasteiger partial charge is 0.326 e. The van der Waals surface area contributed by atoms with Gasteiger partial charge in [0.2, 0.25) is 5.91 Å². The molecule has 0 bridgehead atoms. The molecule has 1 amide bonds. The third-order valence-corrected chi connectivity index (χ3v) is 6.59. The molecule has 1 aliphatic carbocycles. The van der Waals surface area contributed by atoms with E-state index in [4.69, 9.17) is 11.6 Å². The van der Waals surface area contributed by atoms with Crippen molar-refractivity contribution in [3.63, 3.8) is 0 Å². The standard InChI is InChI=1S/C24H24ClN5O3/c25-14-5-10-20-19(13-14)28-24(33)30(20)16-8-6-15(7-9-16)26-22(31)12-11-21-27-18-4-2-1-3-17(18)23(32)29-21/h1-5,10,13,15-16H,6-9,11-12H2,(H,26,31)(H,28,33)(H,27,29,32). The lowest BCUT2D eigenvalue weighted by atomic mass is 9.90. The number of nitrogens with zero attached hydrogens (tertiary/aromatic N) is 2. The fraction of sp³-hybridized carbons (Fsp3) is 0.333. The van der Waals surface area contributed by atoms with Crippen LogP contribution in [0.1, 0.15) is 44.0 Å². The minimum absolute atomic E-state index is 0.0619. The minimum Gasteiger partial charge on any atom is -0.353 e. The fourth-order valence-electron chi connectivity index (χ4n) is 4.73. The second-order valence-corrected chi connectivity index (χ2v) is 9.00. The lowest BCUT2D eigenvalue weighted by Crippen LogP contribution is -2.39. The number of aryl methyl sites for hydroxylation is 1. The van der Waals surface area contributed by atoms with Gasteiger partial charge in [-0.1, -0.05) is 23.7 Å². The van der Waals surface area contributed by atoms with E-state index in [0.29, 0.717) is 28.2 Å². The largest absolute Gasteiger partial charge is 0.353 e. The summed E-state index contributed by atoms with van der Waals surface area (Å²) in [5, 5.41) is 4.22. The van der Waals surface area contributed by atoms with Crippen molar-refractivity contribution in [3.8, 4) is 0 Å². The molecular weight excluding hydrogens is 442 g/mol. The van der Waals surface area contributed by atoms with Gasteiger partial charge in [-0.3, -0.25) is 14.2 Å². The molecule has 3 N–H and O–H groups in total. The van der Waals surface area contributed by atoms with E-state index in [1.54, 1.807) is 30.3 Å². The summed E-state index contributed by atoms with van der Waals surface area (Å²) in [4.78, 5) is 47.3. The van der Waals surface area contributed by atoms with Gasteiger partial charge in [0, 0.05) is 29.9 Å². The topological polar surface area (TPSA) is 113 Å². The highest BCUT2D eigenvalue weighted by Crippen LogP contribution is 2.30. The summed E-state index contributed by atoms with van der Waals surface area (Å²) in [5.41, 5.74) is 1.91. The number of H-pyrrole nitrogens is 2. The molecule has 2 heterocycles. The van der Waals surface area contributed by atoms with Gasteiger partial charge in [0.1, 0.15) is 5.82 Å². The number of carbonyl (C=O) groups is 1. The van der Waals surface area contributed by atoms with Crippen molar-refractivity contribution in [3.05, 3.63) is 74.1 Å². The Balaban J connectivity index is 1.17. The second kappa shape index (κ2) is 8.86. The number of rotatable bonds is 5. The maximum absolute atomic E-state index is 12.5. The summed E-state index contributed by atoms with van der Waals surface area (Å²) >= 11 is 6.04. The number of benzene rings is 2. The number of nitrogens with one attached hydrogen (secondary N) is 3. The van der Waals surface area contributed by atoms with Gasteiger partial charge in [-0.15, -0.1) is 0 Å². The number of halogens is 1. The number of aromatic amines is 2. The van der Waals surface area contributed by atoms with Crippen LogP contribution in [-0.2, 0) is 11.2 Å². The fourth-order valence-corrected chi connectivity index (χ4v) is 4.90. The van der Waals surface area contributed by atoms with Crippen LogP contribution in [-0.4, -0.2) is 31.5 Å². The molecule has 0 aliphatic heterocycles. The normalized spacial score (nSPS) is 18.6. The number of aromatic nitrogens is 4. The molecule has 9 heteroatoms. The Hall–Kier alpha value is -3.39. The van der Waals surface area contributed by atoms with Gasteiger partial charge >= 0.3 is 5.69 Å². The molecule has 0 saturated heterocycles. The number of amides is 1. The lowest BCUT2D eigenvalue weighted by Gasteiger charge is -2.29. The van der Waals surface area contributed by atoms with Gasteiger partial charge in [-0.25, -0.2) is 9.78 Å². The zero-order chi connectivity index (χ0) is 22.9. The Morgan fingerprint density at radius 1 is 1.09 bits per heavy atom. The number of para-hydroxylation sites is 1. The summed E-state index contributed by atoms with van der Waals surface area (Å²) in [6.45, 7) is 0. The number of hydrogen-bond acceptors (Lipinski definition) is 4. The van der Waals surface area contributed by atoms with Crippen LogP contribution >= 0.6 is 11.6 Å². The predicted molar refractivity (Wildman–Crippen MR) is 128 cm³/mol. The summed E-state index contributed by atoms with van der Waals surface area (Å²) in [6.07, 6.45) is 3.83.